The van der Waals surface area contributed by atoms with Crippen molar-refractivity contribution in [3.63, 3.8) is 0 Å². The molecule has 0 aromatic carbocycles. The van der Waals surface area contributed by atoms with Gasteiger partial charge < -0.3 is 9.84 Å². The molecule has 0 spiro atoms. The molecule has 2 aromatic rings. The fourth-order valence-corrected chi connectivity index (χ4v) is 2.41. The lowest BCUT2D eigenvalue weighted by molar-refractivity contribution is 0.297. The van der Waals surface area contributed by atoms with Crippen molar-refractivity contribution in [2.45, 2.75) is 25.3 Å². The number of piperidine rings is 1. The van der Waals surface area contributed by atoms with Crippen LogP contribution in [0.1, 0.15) is 31.2 Å². The zero-order chi connectivity index (χ0) is 10.8. The minimum absolute atomic E-state index is 0.225. The minimum Gasteiger partial charge on any atom is -0.337 e. The molecule has 0 radical (unpaired) electrons. The van der Waals surface area contributed by atoms with Gasteiger partial charge in [-0.25, -0.2) is 0 Å². The number of nitrogens with one attached hydrogen (secondary N) is 1. The van der Waals surface area contributed by atoms with Crippen LogP contribution < -0.4 is 5.32 Å². The topological polar surface area (TPSA) is 63.8 Å². The first kappa shape index (κ1) is 9.92. The molecular formula is C10H12N4OS. The average molecular weight is 236 g/mol. The van der Waals surface area contributed by atoms with E-state index in [2.05, 4.69) is 20.4 Å². The van der Waals surface area contributed by atoms with Gasteiger partial charge in [0.1, 0.15) is 0 Å². The Morgan fingerprint density at radius 3 is 3.19 bits per heavy atom. The molecule has 1 aliphatic rings. The van der Waals surface area contributed by atoms with Gasteiger partial charge in [0.2, 0.25) is 11.7 Å². The number of nitrogens with zero attached hydrogens (tertiary/aromatic N) is 3. The Hall–Kier alpha value is -1.27. The van der Waals surface area contributed by atoms with E-state index < -0.39 is 0 Å². The maximum absolute atomic E-state index is 5.28. The molecule has 3 rings (SSSR count). The second-order valence-corrected chi connectivity index (χ2v) is 4.71. The highest BCUT2D eigenvalue weighted by Crippen LogP contribution is 2.25. The Morgan fingerprint density at radius 2 is 2.44 bits per heavy atom. The Morgan fingerprint density at radius 1 is 1.44 bits per heavy atom. The van der Waals surface area contributed by atoms with Crippen molar-refractivity contribution in [3.05, 3.63) is 17.6 Å². The molecule has 84 valence electrons. The van der Waals surface area contributed by atoms with E-state index in [0.29, 0.717) is 11.7 Å². The van der Waals surface area contributed by atoms with E-state index in [0.717, 1.165) is 17.8 Å². The second kappa shape index (κ2) is 4.31. The summed E-state index contributed by atoms with van der Waals surface area (Å²) in [5.41, 5.74) is 1.77. The fraction of sp³-hybridized carbons (Fsp3) is 0.500. The third-order valence-corrected chi connectivity index (χ3v) is 3.47. The molecule has 2 aromatic heterocycles. The maximum atomic E-state index is 5.28. The Labute approximate surface area is 96.9 Å². The first-order valence-electron chi connectivity index (χ1n) is 5.39. The molecule has 1 atom stereocenters. The maximum Gasteiger partial charge on any atom is 0.244 e. The van der Waals surface area contributed by atoms with Crippen LogP contribution >= 0.6 is 11.3 Å². The van der Waals surface area contributed by atoms with Gasteiger partial charge in [0.15, 0.2) is 0 Å². The smallest absolute Gasteiger partial charge is 0.244 e. The molecule has 1 fully saturated rings. The summed E-state index contributed by atoms with van der Waals surface area (Å²) in [6, 6.07) is 0.225. The number of thiazole rings is 1. The fourth-order valence-electron chi connectivity index (χ4n) is 1.87. The summed E-state index contributed by atoms with van der Waals surface area (Å²) in [4.78, 5) is 9.36. The summed E-state index contributed by atoms with van der Waals surface area (Å²) >= 11 is 1.52. The summed E-state index contributed by atoms with van der Waals surface area (Å²) in [7, 11) is 0. The van der Waals surface area contributed by atoms with Gasteiger partial charge in [-0.1, -0.05) is 11.6 Å². The zero-order valence-corrected chi connectivity index (χ0v) is 9.54. The van der Waals surface area contributed by atoms with Crippen LogP contribution in [0.3, 0.4) is 0 Å². The molecule has 1 N–H and O–H groups in total. The number of hydrogen-bond acceptors (Lipinski definition) is 6. The van der Waals surface area contributed by atoms with Gasteiger partial charge in [-0.05, 0) is 19.4 Å². The summed E-state index contributed by atoms with van der Waals surface area (Å²) in [6.45, 7) is 1.03. The minimum atomic E-state index is 0.225. The normalized spacial score (nSPS) is 21.1. The highest BCUT2D eigenvalue weighted by atomic mass is 32.1. The van der Waals surface area contributed by atoms with E-state index in [4.69, 9.17) is 4.52 Å². The molecule has 1 saturated heterocycles. The van der Waals surface area contributed by atoms with Crippen LogP contribution in [0.2, 0.25) is 0 Å². The summed E-state index contributed by atoms with van der Waals surface area (Å²) < 4.78 is 5.28. The summed E-state index contributed by atoms with van der Waals surface area (Å²) in [5.74, 6) is 1.34. The van der Waals surface area contributed by atoms with Crippen LogP contribution in [0.4, 0.5) is 0 Å². The third kappa shape index (κ3) is 1.85. The van der Waals surface area contributed by atoms with Gasteiger partial charge in [-0.3, -0.25) is 4.98 Å². The molecular weight excluding hydrogens is 224 g/mol. The lowest BCUT2D eigenvalue weighted by Gasteiger charge is -2.19. The SMILES string of the molecule is c1ncc(-c2noc([C@H]3CCCCN3)n2)s1. The average Bonchev–Trinajstić information content (AvgIpc) is 3.01. The molecule has 0 bridgehead atoms. The van der Waals surface area contributed by atoms with Gasteiger partial charge in [0, 0.05) is 6.20 Å². The molecule has 1 aliphatic heterocycles. The molecule has 0 aliphatic carbocycles. The van der Waals surface area contributed by atoms with Crippen LogP contribution in [-0.4, -0.2) is 21.7 Å². The van der Waals surface area contributed by atoms with E-state index in [-0.39, 0.29) is 6.04 Å². The predicted molar refractivity (Wildman–Crippen MR) is 60.0 cm³/mol. The van der Waals surface area contributed by atoms with Crippen molar-refractivity contribution in [1.82, 2.24) is 20.4 Å². The van der Waals surface area contributed by atoms with Gasteiger partial charge in [-0.15, -0.1) is 11.3 Å². The van der Waals surface area contributed by atoms with Crippen molar-refractivity contribution in [3.8, 4) is 10.7 Å². The van der Waals surface area contributed by atoms with Crippen LogP contribution in [0.5, 0.6) is 0 Å². The monoisotopic (exact) mass is 236 g/mol. The van der Waals surface area contributed by atoms with E-state index in [9.17, 15) is 0 Å². The van der Waals surface area contributed by atoms with Gasteiger partial charge in [0.05, 0.1) is 16.4 Å². The van der Waals surface area contributed by atoms with Crippen LogP contribution in [-0.2, 0) is 0 Å². The van der Waals surface area contributed by atoms with Crippen molar-refractivity contribution < 1.29 is 4.52 Å². The molecule has 3 heterocycles. The zero-order valence-electron chi connectivity index (χ0n) is 8.72. The number of hydrogen-bond donors (Lipinski definition) is 1. The summed E-state index contributed by atoms with van der Waals surface area (Å²) in [5, 5.41) is 7.36. The van der Waals surface area contributed by atoms with Gasteiger partial charge in [-0.2, -0.15) is 4.98 Å². The molecule has 16 heavy (non-hydrogen) atoms. The standard InChI is InChI=1S/C10H12N4OS/c1-2-4-12-7(3-1)10-13-9(14-15-10)8-5-11-6-16-8/h5-7,12H,1-4H2/t7-/m1/s1. The largest absolute Gasteiger partial charge is 0.337 e. The Kier molecular flexibility index (Phi) is 2.67. The van der Waals surface area contributed by atoms with Gasteiger partial charge >= 0.3 is 0 Å². The predicted octanol–water partition coefficient (Wildman–Crippen LogP) is 2.01. The first-order chi connectivity index (χ1) is 7.93. The summed E-state index contributed by atoms with van der Waals surface area (Å²) in [6.07, 6.45) is 5.28. The molecule has 0 unspecified atom stereocenters. The Balaban J connectivity index is 1.82. The van der Waals surface area contributed by atoms with E-state index in [1.807, 2.05) is 0 Å². The van der Waals surface area contributed by atoms with Gasteiger partial charge in [0.25, 0.3) is 0 Å². The van der Waals surface area contributed by atoms with Crippen LogP contribution in [0, 0.1) is 0 Å². The lowest BCUT2D eigenvalue weighted by Crippen LogP contribution is -2.26. The van der Waals surface area contributed by atoms with Crippen molar-refractivity contribution in [1.29, 1.82) is 0 Å². The first-order valence-corrected chi connectivity index (χ1v) is 6.27. The molecule has 6 heteroatoms. The van der Waals surface area contributed by atoms with Crippen molar-refractivity contribution in [2.75, 3.05) is 6.54 Å². The van der Waals surface area contributed by atoms with Crippen LogP contribution in [0.15, 0.2) is 16.2 Å². The molecule has 0 amide bonds. The highest BCUT2D eigenvalue weighted by Gasteiger charge is 2.21. The highest BCUT2D eigenvalue weighted by molar-refractivity contribution is 7.13. The van der Waals surface area contributed by atoms with E-state index in [1.54, 1.807) is 11.7 Å². The molecule has 5 nitrogen and oxygen atoms in total. The molecule has 0 saturated carbocycles. The number of aromatic nitrogens is 3. The lowest BCUT2D eigenvalue weighted by atomic mass is 10.1. The van der Waals surface area contributed by atoms with E-state index >= 15 is 0 Å². The van der Waals surface area contributed by atoms with Crippen molar-refractivity contribution in [2.24, 2.45) is 0 Å². The Bertz CT molecular complexity index is 447. The third-order valence-electron chi connectivity index (χ3n) is 2.70. The quantitative estimate of drug-likeness (QED) is 0.864. The second-order valence-electron chi connectivity index (χ2n) is 3.82. The number of rotatable bonds is 2. The van der Waals surface area contributed by atoms with Crippen molar-refractivity contribution >= 4 is 11.3 Å². The van der Waals surface area contributed by atoms with E-state index in [1.165, 1.54) is 24.2 Å². The van der Waals surface area contributed by atoms with Crippen LogP contribution in [0.25, 0.3) is 10.7 Å².